The molecule has 0 bridgehead atoms. The van der Waals surface area contributed by atoms with Crippen molar-refractivity contribution >= 4 is 18.6 Å². The Hall–Kier alpha value is -1.33. The molecule has 4 nitrogen and oxygen atoms in total. The minimum absolute atomic E-state index is 0.0782. The molecule has 16 heavy (non-hydrogen) atoms. The highest BCUT2D eigenvalue weighted by atomic mass is 16.5. The molecule has 1 fully saturated rings. The van der Waals surface area contributed by atoms with E-state index in [-0.39, 0.29) is 11.9 Å². The number of rotatable bonds is 2. The Balaban J connectivity index is 1.80. The number of benzene rings is 1. The Kier molecular flexibility index (Phi) is 2.23. The second-order valence-corrected chi connectivity index (χ2v) is 4.22. The SMILES string of the molecule is O=C(Oc1ccc2c(c1)B(O)OC2)C1CC1. The van der Waals surface area contributed by atoms with Crippen LogP contribution in [-0.4, -0.2) is 18.1 Å². The molecule has 0 atom stereocenters. The summed E-state index contributed by atoms with van der Waals surface area (Å²) >= 11 is 0. The van der Waals surface area contributed by atoms with E-state index in [1.165, 1.54) is 0 Å². The number of carbonyl (C=O) groups excluding carboxylic acids is 1. The fourth-order valence-electron chi connectivity index (χ4n) is 1.77. The summed E-state index contributed by atoms with van der Waals surface area (Å²) in [4.78, 5) is 11.4. The molecule has 0 unspecified atom stereocenters. The lowest BCUT2D eigenvalue weighted by molar-refractivity contribution is -0.135. The van der Waals surface area contributed by atoms with Crippen molar-refractivity contribution in [1.29, 1.82) is 0 Å². The third-order valence-electron chi connectivity index (χ3n) is 2.91. The van der Waals surface area contributed by atoms with Gasteiger partial charge in [0.1, 0.15) is 5.75 Å². The van der Waals surface area contributed by atoms with Gasteiger partial charge >= 0.3 is 13.1 Å². The lowest BCUT2D eigenvalue weighted by atomic mass is 9.79. The van der Waals surface area contributed by atoms with Gasteiger partial charge in [0.25, 0.3) is 0 Å². The van der Waals surface area contributed by atoms with Gasteiger partial charge in [-0.25, -0.2) is 0 Å². The van der Waals surface area contributed by atoms with Gasteiger partial charge in [0.15, 0.2) is 0 Å². The van der Waals surface area contributed by atoms with Crippen LogP contribution in [0.4, 0.5) is 0 Å². The van der Waals surface area contributed by atoms with E-state index in [1.54, 1.807) is 12.1 Å². The molecular weight excluding hydrogens is 207 g/mol. The number of hydrogen-bond donors (Lipinski definition) is 1. The van der Waals surface area contributed by atoms with Gasteiger partial charge in [0, 0.05) is 0 Å². The third kappa shape index (κ3) is 1.72. The van der Waals surface area contributed by atoms with Crippen molar-refractivity contribution in [2.45, 2.75) is 19.4 Å². The molecule has 0 saturated heterocycles. The van der Waals surface area contributed by atoms with Crippen molar-refractivity contribution in [1.82, 2.24) is 0 Å². The van der Waals surface area contributed by atoms with Crippen molar-refractivity contribution in [3.05, 3.63) is 23.8 Å². The first-order valence-corrected chi connectivity index (χ1v) is 5.38. The zero-order chi connectivity index (χ0) is 11.1. The molecule has 3 rings (SSSR count). The topological polar surface area (TPSA) is 55.8 Å². The number of hydrogen-bond acceptors (Lipinski definition) is 4. The molecule has 0 radical (unpaired) electrons. The van der Waals surface area contributed by atoms with Crippen molar-refractivity contribution in [2.75, 3.05) is 0 Å². The lowest BCUT2D eigenvalue weighted by Crippen LogP contribution is -2.28. The monoisotopic (exact) mass is 218 g/mol. The van der Waals surface area contributed by atoms with E-state index >= 15 is 0 Å². The van der Waals surface area contributed by atoms with Crippen LogP contribution in [0.3, 0.4) is 0 Å². The summed E-state index contributed by atoms with van der Waals surface area (Å²) < 4.78 is 10.3. The summed E-state index contributed by atoms with van der Waals surface area (Å²) in [7, 11) is -0.894. The highest BCUT2D eigenvalue weighted by molar-refractivity contribution is 6.61. The first-order chi connectivity index (χ1) is 7.74. The van der Waals surface area contributed by atoms with E-state index in [4.69, 9.17) is 9.39 Å². The van der Waals surface area contributed by atoms with Gasteiger partial charge in [0.05, 0.1) is 12.5 Å². The molecule has 1 heterocycles. The maximum absolute atomic E-state index is 11.4. The minimum atomic E-state index is -0.894. The number of carbonyl (C=O) groups is 1. The molecular formula is C11H11BO4. The Morgan fingerprint density at radius 3 is 3.06 bits per heavy atom. The smallest absolute Gasteiger partial charge is 0.426 e. The van der Waals surface area contributed by atoms with Crippen molar-refractivity contribution in [2.24, 2.45) is 5.92 Å². The molecule has 1 aromatic carbocycles. The van der Waals surface area contributed by atoms with Crippen LogP contribution in [0.5, 0.6) is 5.75 Å². The molecule has 0 spiro atoms. The summed E-state index contributed by atoms with van der Waals surface area (Å²) in [5.74, 6) is 0.392. The normalized spacial score (nSPS) is 18.4. The van der Waals surface area contributed by atoms with Gasteiger partial charge in [-0.2, -0.15) is 0 Å². The average molecular weight is 218 g/mol. The maximum atomic E-state index is 11.4. The predicted octanol–water partition coefficient (Wildman–Crippen LogP) is 0.220. The first-order valence-electron chi connectivity index (χ1n) is 5.38. The predicted molar refractivity (Wildman–Crippen MR) is 57.2 cm³/mol. The van der Waals surface area contributed by atoms with Gasteiger partial charge < -0.3 is 14.4 Å². The Morgan fingerprint density at radius 2 is 2.31 bits per heavy atom. The highest BCUT2D eigenvalue weighted by Crippen LogP contribution is 2.30. The Bertz CT molecular complexity index is 442. The molecule has 1 aliphatic carbocycles. The second-order valence-electron chi connectivity index (χ2n) is 4.22. The van der Waals surface area contributed by atoms with Crippen LogP contribution in [0, 0.1) is 5.92 Å². The summed E-state index contributed by atoms with van der Waals surface area (Å²) in [6.07, 6.45) is 1.85. The Morgan fingerprint density at radius 1 is 1.50 bits per heavy atom. The van der Waals surface area contributed by atoms with Crippen LogP contribution in [-0.2, 0) is 16.1 Å². The highest BCUT2D eigenvalue weighted by Gasteiger charge is 2.32. The lowest BCUT2D eigenvalue weighted by Gasteiger charge is -2.05. The van der Waals surface area contributed by atoms with E-state index < -0.39 is 7.12 Å². The van der Waals surface area contributed by atoms with Crippen molar-refractivity contribution in [3.8, 4) is 5.75 Å². The van der Waals surface area contributed by atoms with Crippen LogP contribution in [0.2, 0.25) is 0 Å². The van der Waals surface area contributed by atoms with E-state index in [0.717, 1.165) is 18.4 Å². The molecule has 1 aliphatic heterocycles. The van der Waals surface area contributed by atoms with E-state index in [2.05, 4.69) is 0 Å². The van der Waals surface area contributed by atoms with Gasteiger partial charge in [-0.3, -0.25) is 4.79 Å². The summed E-state index contributed by atoms with van der Waals surface area (Å²) in [5.41, 5.74) is 1.64. The zero-order valence-corrected chi connectivity index (χ0v) is 8.68. The molecule has 0 amide bonds. The Labute approximate surface area is 93.3 Å². The fourth-order valence-corrected chi connectivity index (χ4v) is 1.77. The molecule has 1 saturated carbocycles. The molecule has 1 aromatic rings. The first kappa shape index (κ1) is 9.87. The van der Waals surface area contributed by atoms with Gasteiger partial charge in [-0.15, -0.1) is 0 Å². The van der Waals surface area contributed by atoms with E-state index in [9.17, 15) is 9.82 Å². The molecule has 82 valence electrons. The maximum Gasteiger partial charge on any atom is 0.491 e. The molecule has 5 heteroatoms. The zero-order valence-electron chi connectivity index (χ0n) is 8.68. The standard InChI is InChI=1S/C11H11BO4/c13-11(7-1-2-7)16-9-4-3-8-6-15-12(14)10(8)5-9/h3-5,7,14H,1-2,6H2. The van der Waals surface area contributed by atoms with E-state index in [1.807, 2.05) is 6.07 Å². The van der Waals surface area contributed by atoms with Crippen LogP contribution in [0.25, 0.3) is 0 Å². The number of ether oxygens (including phenoxy) is 1. The summed E-state index contributed by atoms with van der Waals surface area (Å²) in [6, 6.07) is 5.23. The van der Waals surface area contributed by atoms with Crippen LogP contribution in [0.15, 0.2) is 18.2 Å². The molecule has 2 aliphatic rings. The van der Waals surface area contributed by atoms with Gasteiger partial charge in [-0.1, -0.05) is 6.07 Å². The van der Waals surface area contributed by atoms with Crippen LogP contribution in [0.1, 0.15) is 18.4 Å². The number of fused-ring (bicyclic) bond motifs is 1. The van der Waals surface area contributed by atoms with Crippen molar-refractivity contribution in [3.63, 3.8) is 0 Å². The third-order valence-corrected chi connectivity index (χ3v) is 2.91. The van der Waals surface area contributed by atoms with E-state index in [0.29, 0.717) is 17.8 Å². The molecule has 1 N–H and O–H groups in total. The second kappa shape index (κ2) is 3.61. The quantitative estimate of drug-likeness (QED) is 0.438. The van der Waals surface area contributed by atoms with Gasteiger partial charge in [0.2, 0.25) is 0 Å². The van der Waals surface area contributed by atoms with Gasteiger partial charge in [-0.05, 0) is 36.0 Å². The van der Waals surface area contributed by atoms with Crippen LogP contribution < -0.4 is 10.2 Å². The van der Waals surface area contributed by atoms with Crippen molar-refractivity contribution < 1.29 is 19.2 Å². The fraction of sp³-hybridized carbons (Fsp3) is 0.364. The number of esters is 1. The summed E-state index contributed by atoms with van der Waals surface area (Å²) in [6.45, 7) is 0.410. The largest absolute Gasteiger partial charge is 0.491 e. The summed E-state index contributed by atoms with van der Waals surface area (Å²) in [5, 5.41) is 9.50. The van der Waals surface area contributed by atoms with Crippen LogP contribution >= 0.6 is 0 Å². The average Bonchev–Trinajstić information content (AvgIpc) is 3.06. The molecule has 0 aromatic heterocycles. The minimum Gasteiger partial charge on any atom is -0.426 e.